The molecule has 2 unspecified atom stereocenters. The largest absolute Gasteiger partial charge is 0.416 e. The van der Waals surface area contributed by atoms with E-state index in [1.165, 1.54) is 11.1 Å². The fourth-order valence-electron chi connectivity index (χ4n) is 6.50. The zero-order chi connectivity index (χ0) is 36.0. The van der Waals surface area contributed by atoms with Crippen LogP contribution in [0.5, 0.6) is 0 Å². The van der Waals surface area contributed by atoms with Crippen LogP contribution in [0.2, 0.25) is 91.7 Å². The van der Waals surface area contributed by atoms with Gasteiger partial charge in [0.1, 0.15) is 0 Å². The summed E-state index contributed by atoms with van der Waals surface area (Å²) in [6, 6.07) is 20.7. The molecule has 0 N–H and O–H groups in total. The third-order valence-electron chi connectivity index (χ3n) is 6.89. The van der Waals surface area contributed by atoms with Crippen molar-refractivity contribution in [1.82, 2.24) is 0 Å². The van der Waals surface area contributed by atoms with Crippen LogP contribution in [0.15, 0.2) is 60.7 Å². The zero-order valence-corrected chi connectivity index (χ0v) is 39.1. The van der Waals surface area contributed by atoms with Gasteiger partial charge in [0.15, 0.2) is 0 Å². The van der Waals surface area contributed by atoms with Crippen molar-refractivity contribution >= 4 is 59.9 Å². The highest BCUT2D eigenvalue weighted by Gasteiger charge is 2.49. The summed E-state index contributed by atoms with van der Waals surface area (Å²) in [5.41, 5.74) is 2.34. The Labute approximate surface area is 294 Å². The second kappa shape index (κ2) is 16.8. The van der Waals surface area contributed by atoms with Crippen LogP contribution in [0.3, 0.4) is 0 Å². The van der Waals surface area contributed by atoms with Crippen molar-refractivity contribution in [2.24, 2.45) is 0 Å². The predicted octanol–water partition coefficient (Wildman–Crippen LogP) is 10.3. The van der Waals surface area contributed by atoms with E-state index in [2.05, 4.69) is 154 Å². The Kier molecular flexibility index (Phi) is 15.3. The quantitative estimate of drug-likeness (QED) is 0.123. The van der Waals surface area contributed by atoms with E-state index < -0.39 is 59.9 Å². The Morgan fingerprint density at radius 2 is 0.574 bits per heavy atom. The summed E-state index contributed by atoms with van der Waals surface area (Å²) in [5, 5.41) is 0. The Balaban J connectivity index is 2.02. The molecule has 0 amide bonds. The van der Waals surface area contributed by atoms with Gasteiger partial charge in [-0.1, -0.05) is 74.5 Å². The molecule has 0 bridgehead atoms. The van der Waals surface area contributed by atoms with E-state index in [9.17, 15) is 0 Å². The van der Waals surface area contributed by atoms with E-state index in [1.54, 1.807) is 0 Å². The first-order valence-electron chi connectivity index (χ1n) is 17.0. The average molecular weight is 773 g/mol. The average Bonchev–Trinajstić information content (AvgIpc) is 2.87. The summed E-state index contributed by atoms with van der Waals surface area (Å²) in [5.74, 6) is 0. The highest BCUT2D eigenvalue weighted by Crippen LogP contribution is 2.32. The molecule has 0 aliphatic heterocycles. The first kappa shape index (κ1) is 42.8. The van der Waals surface area contributed by atoms with E-state index in [0.717, 1.165) is 12.8 Å². The van der Waals surface area contributed by atoms with Gasteiger partial charge in [-0.15, -0.1) is 0 Å². The third-order valence-corrected chi connectivity index (χ3v) is 32.2. The van der Waals surface area contributed by atoms with Gasteiger partial charge in [-0.25, -0.2) is 0 Å². The van der Waals surface area contributed by atoms with Gasteiger partial charge in [0.25, 0.3) is 0 Å². The maximum absolute atomic E-state index is 6.79. The monoisotopic (exact) mass is 772 g/mol. The molecule has 15 heteroatoms. The first-order chi connectivity index (χ1) is 21.3. The minimum atomic E-state index is -2.68. The molecular weight excluding hydrogens is 709 g/mol. The minimum Gasteiger partial charge on any atom is -0.416 e. The van der Waals surface area contributed by atoms with Gasteiger partial charge in [0.2, 0.25) is 0 Å². The smallest absolute Gasteiger partial charge is 0.323 e. The molecule has 0 saturated carbocycles. The molecule has 2 aromatic carbocycles. The van der Waals surface area contributed by atoms with Gasteiger partial charge in [-0.05, 0) is 116 Å². The minimum absolute atomic E-state index is 0.00961. The van der Waals surface area contributed by atoms with Crippen LogP contribution in [-0.2, 0) is 33.5 Å². The fraction of sp³-hybridized carbons (Fsp3) is 0.625. The summed E-state index contributed by atoms with van der Waals surface area (Å²) < 4.78 is 53.8. The van der Waals surface area contributed by atoms with Crippen molar-refractivity contribution in [3.8, 4) is 0 Å². The van der Waals surface area contributed by atoms with E-state index in [4.69, 9.17) is 33.5 Å². The normalized spacial score (nSPS) is 15.5. The second-order valence-electron chi connectivity index (χ2n) is 15.3. The lowest BCUT2D eigenvalue weighted by Crippen LogP contribution is -2.61. The van der Waals surface area contributed by atoms with Gasteiger partial charge in [-0.2, -0.15) is 0 Å². The van der Waals surface area contributed by atoms with Gasteiger partial charge in [0, 0.05) is 0 Å². The van der Waals surface area contributed by atoms with Gasteiger partial charge < -0.3 is 33.5 Å². The lowest BCUT2D eigenvalue weighted by Gasteiger charge is -2.44. The van der Waals surface area contributed by atoms with Crippen LogP contribution in [0, 0.1) is 0 Å². The molecule has 0 heterocycles. The molecule has 0 aromatic heterocycles. The zero-order valence-electron chi connectivity index (χ0n) is 32.1. The van der Waals surface area contributed by atoms with Gasteiger partial charge >= 0.3 is 59.9 Å². The van der Waals surface area contributed by atoms with Crippen molar-refractivity contribution in [3.05, 3.63) is 71.8 Å². The van der Waals surface area contributed by atoms with Crippen molar-refractivity contribution < 1.29 is 33.5 Å². The van der Waals surface area contributed by atoms with Gasteiger partial charge in [-0.3, -0.25) is 0 Å². The lowest BCUT2D eigenvalue weighted by atomic mass is 10.1. The summed E-state index contributed by atoms with van der Waals surface area (Å²) in [7, 11) is -18.3. The van der Waals surface area contributed by atoms with E-state index >= 15 is 0 Å². The molecule has 0 spiro atoms. The number of hydrogen-bond donors (Lipinski definition) is 0. The molecule has 0 aliphatic rings. The predicted molar refractivity (Wildman–Crippen MR) is 210 cm³/mol. The maximum atomic E-state index is 6.79. The van der Waals surface area contributed by atoms with Crippen LogP contribution in [-0.4, -0.2) is 59.9 Å². The number of hydrogen-bond acceptors (Lipinski definition) is 8. The van der Waals surface area contributed by atoms with Gasteiger partial charge in [0.05, 0.1) is 12.2 Å². The van der Waals surface area contributed by atoms with Crippen LogP contribution in [0.1, 0.15) is 50.0 Å². The Hall–Kier alpha value is -0.362. The number of benzene rings is 2. The molecule has 8 nitrogen and oxygen atoms in total. The highest BCUT2D eigenvalue weighted by molar-refractivity contribution is 6.91. The molecule has 2 atom stereocenters. The second-order valence-corrected chi connectivity index (χ2v) is 40.2. The molecule has 0 radical (unpaired) electrons. The molecule has 0 saturated heterocycles. The van der Waals surface area contributed by atoms with Crippen LogP contribution >= 0.6 is 0 Å². The van der Waals surface area contributed by atoms with Crippen molar-refractivity contribution in [1.29, 1.82) is 0 Å². The van der Waals surface area contributed by atoms with Crippen molar-refractivity contribution in [2.45, 2.75) is 131 Å². The van der Waals surface area contributed by atoms with E-state index in [-0.39, 0.29) is 12.2 Å². The maximum Gasteiger partial charge on any atom is 0.323 e. The Morgan fingerprint density at radius 1 is 0.362 bits per heavy atom. The molecule has 2 rings (SSSR count). The van der Waals surface area contributed by atoms with Crippen LogP contribution < -0.4 is 0 Å². The Bertz CT molecular complexity index is 1130. The SMILES string of the molecule is CCC(O[Si](C)(C)O[Si](C)(C)O[Si](C)(C)O[Si](C)(C)O[Si](C)(C)O[Si](C)(C)O[Si](C)(C)OC(CC)c1ccccc1)c1ccccc1. The third kappa shape index (κ3) is 16.0. The summed E-state index contributed by atoms with van der Waals surface area (Å²) in [6.45, 7) is 33.5. The fourth-order valence-corrected chi connectivity index (χ4v) is 40.0. The van der Waals surface area contributed by atoms with E-state index in [1.807, 2.05) is 12.1 Å². The molecule has 0 aliphatic carbocycles. The van der Waals surface area contributed by atoms with Crippen molar-refractivity contribution in [2.75, 3.05) is 0 Å². The summed E-state index contributed by atoms with van der Waals surface area (Å²) in [4.78, 5) is 0. The lowest BCUT2D eigenvalue weighted by molar-refractivity contribution is 0.145. The first-order valence-corrected chi connectivity index (χ1v) is 36.7. The molecule has 268 valence electrons. The molecular formula is C32H64O8Si7. The van der Waals surface area contributed by atoms with Crippen LogP contribution in [0.25, 0.3) is 0 Å². The molecule has 0 fully saturated rings. The van der Waals surface area contributed by atoms with Crippen LogP contribution in [0.4, 0.5) is 0 Å². The number of rotatable bonds is 20. The summed E-state index contributed by atoms with van der Waals surface area (Å²) in [6.07, 6.45) is 1.73. The highest BCUT2D eigenvalue weighted by atomic mass is 28.5. The molecule has 2 aromatic rings. The molecule has 47 heavy (non-hydrogen) atoms. The standard InChI is InChI=1S/C32H64O8Si7/c1-17-31(29-25-21-19-22-26-29)33-41(3,4)35-43(7,8)37-45(11,12)39-47(15,16)40-46(13,14)38-44(9,10)36-42(5,6)34-32(18-2)30-27-23-20-24-28-30/h19-28,31-32H,17-18H2,1-16H3. The Morgan fingerprint density at radius 3 is 0.787 bits per heavy atom. The topological polar surface area (TPSA) is 73.8 Å². The van der Waals surface area contributed by atoms with Crippen molar-refractivity contribution in [3.63, 3.8) is 0 Å². The summed E-state index contributed by atoms with van der Waals surface area (Å²) >= 11 is 0. The van der Waals surface area contributed by atoms with E-state index in [0.29, 0.717) is 0 Å².